The molecule has 1 heterocycles. The quantitative estimate of drug-likeness (QED) is 0.775. The van der Waals surface area contributed by atoms with E-state index in [9.17, 15) is 4.79 Å². The van der Waals surface area contributed by atoms with Crippen molar-refractivity contribution < 1.29 is 9.53 Å². The van der Waals surface area contributed by atoms with E-state index >= 15 is 0 Å². The summed E-state index contributed by atoms with van der Waals surface area (Å²) in [7, 11) is 0. The Labute approximate surface area is 152 Å². The number of morpholine rings is 1. The molecular formula is C16H33Cl2N3O2. The van der Waals surface area contributed by atoms with Gasteiger partial charge in [-0.15, -0.1) is 24.8 Å². The van der Waals surface area contributed by atoms with Crippen LogP contribution in [0.25, 0.3) is 0 Å². The van der Waals surface area contributed by atoms with Gasteiger partial charge in [0, 0.05) is 38.1 Å². The number of nitrogens with two attached hydrogens (primary N) is 1. The largest absolute Gasteiger partial charge is 0.374 e. The summed E-state index contributed by atoms with van der Waals surface area (Å²) in [5.41, 5.74) is 5.96. The van der Waals surface area contributed by atoms with E-state index in [1.54, 1.807) is 0 Å². The van der Waals surface area contributed by atoms with Gasteiger partial charge in [0.25, 0.3) is 0 Å². The van der Waals surface area contributed by atoms with Gasteiger partial charge in [0.2, 0.25) is 5.91 Å². The Bertz CT molecular complexity index is 345. The second-order valence-corrected chi connectivity index (χ2v) is 7.01. The van der Waals surface area contributed by atoms with Gasteiger partial charge in [0.05, 0.1) is 12.7 Å². The molecule has 1 saturated heterocycles. The average Bonchev–Trinajstić information content (AvgIpc) is 2.44. The summed E-state index contributed by atoms with van der Waals surface area (Å²) >= 11 is 0. The molecule has 1 saturated carbocycles. The van der Waals surface area contributed by atoms with Crippen molar-refractivity contribution in [3.8, 4) is 0 Å². The SMILES string of the molecule is CC(C)CN1CCOC(CNC(=O)C2CCCC(N)C2)C1.Cl.Cl. The topological polar surface area (TPSA) is 67.6 Å². The zero-order chi connectivity index (χ0) is 15.2. The highest BCUT2D eigenvalue weighted by atomic mass is 35.5. The van der Waals surface area contributed by atoms with Crippen molar-refractivity contribution in [2.24, 2.45) is 17.6 Å². The molecule has 5 nitrogen and oxygen atoms in total. The van der Waals surface area contributed by atoms with E-state index in [1.165, 1.54) is 0 Å². The molecule has 0 aromatic carbocycles. The van der Waals surface area contributed by atoms with E-state index in [0.717, 1.165) is 51.9 Å². The van der Waals surface area contributed by atoms with E-state index in [1.807, 2.05) is 0 Å². The molecular weight excluding hydrogens is 337 g/mol. The van der Waals surface area contributed by atoms with E-state index in [2.05, 4.69) is 24.1 Å². The Morgan fingerprint density at radius 2 is 2.09 bits per heavy atom. The first-order chi connectivity index (χ1) is 10.0. The van der Waals surface area contributed by atoms with Crippen molar-refractivity contribution in [1.82, 2.24) is 10.2 Å². The number of halogens is 2. The highest BCUT2D eigenvalue weighted by Gasteiger charge is 2.27. The fourth-order valence-electron chi connectivity index (χ4n) is 3.41. The smallest absolute Gasteiger partial charge is 0.223 e. The normalized spacial score (nSPS) is 28.6. The number of nitrogens with zero attached hydrogens (tertiary/aromatic N) is 1. The van der Waals surface area contributed by atoms with E-state index in [-0.39, 0.29) is 48.8 Å². The van der Waals surface area contributed by atoms with Crippen LogP contribution in [0, 0.1) is 11.8 Å². The predicted molar refractivity (Wildman–Crippen MR) is 98.5 cm³/mol. The molecule has 3 atom stereocenters. The lowest BCUT2D eigenvalue weighted by Crippen LogP contribution is -2.49. The fraction of sp³-hybridized carbons (Fsp3) is 0.938. The zero-order valence-corrected chi connectivity index (χ0v) is 16.0. The van der Waals surface area contributed by atoms with Gasteiger partial charge in [-0.3, -0.25) is 9.69 Å². The number of rotatable bonds is 5. The second kappa shape index (κ2) is 11.5. The summed E-state index contributed by atoms with van der Waals surface area (Å²) in [6, 6.07) is 0.196. The zero-order valence-electron chi connectivity index (χ0n) is 14.3. The van der Waals surface area contributed by atoms with E-state index in [4.69, 9.17) is 10.5 Å². The molecule has 7 heteroatoms. The number of ether oxygens (including phenoxy) is 1. The molecule has 2 rings (SSSR count). The van der Waals surface area contributed by atoms with E-state index in [0.29, 0.717) is 12.5 Å². The lowest BCUT2D eigenvalue weighted by Gasteiger charge is -2.34. The van der Waals surface area contributed by atoms with Gasteiger partial charge in [-0.2, -0.15) is 0 Å². The van der Waals surface area contributed by atoms with Crippen LogP contribution in [0.1, 0.15) is 39.5 Å². The first-order valence-corrected chi connectivity index (χ1v) is 8.42. The minimum absolute atomic E-state index is 0. The molecule has 23 heavy (non-hydrogen) atoms. The maximum atomic E-state index is 12.2. The van der Waals surface area contributed by atoms with Gasteiger partial charge in [-0.1, -0.05) is 20.3 Å². The third-order valence-electron chi connectivity index (χ3n) is 4.44. The second-order valence-electron chi connectivity index (χ2n) is 7.01. The molecule has 1 amide bonds. The maximum Gasteiger partial charge on any atom is 0.223 e. The van der Waals surface area contributed by atoms with Crippen molar-refractivity contribution >= 4 is 30.7 Å². The van der Waals surface area contributed by atoms with Crippen LogP contribution in [0.15, 0.2) is 0 Å². The van der Waals surface area contributed by atoms with Gasteiger partial charge < -0.3 is 15.8 Å². The van der Waals surface area contributed by atoms with Crippen LogP contribution in [-0.2, 0) is 9.53 Å². The lowest BCUT2D eigenvalue weighted by atomic mass is 9.85. The molecule has 0 aromatic heterocycles. The molecule has 1 aliphatic heterocycles. The van der Waals surface area contributed by atoms with E-state index < -0.39 is 0 Å². The van der Waals surface area contributed by atoms with Crippen LogP contribution in [0.5, 0.6) is 0 Å². The van der Waals surface area contributed by atoms with Crippen molar-refractivity contribution in [1.29, 1.82) is 0 Å². The Kier molecular flexibility index (Phi) is 11.4. The van der Waals surface area contributed by atoms with Crippen molar-refractivity contribution in [2.45, 2.75) is 51.7 Å². The molecule has 3 unspecified atom stereocenters. The molecule has 138 valence electrons. The summed E-state index contributed by atoms with van der Waals surface area (Å²) in [5, 5.41) is 3.07. The first-order valence-electron chi connectivity index (χ1n) is 8.42. The summed E-state index contributed by atoms with van der Waals surface area (Å²) in [6.07, 6.45) is 4.06. The van der Waals surface area contributed by atoms with Crippen LogP contribution < -0.4 is 11.1 Å². The van der Waals surface area contributed by atoms with Crippen LogP contribution in [0.2, 0.25) is 0 Å². The van der Waals surface area contributed by atoms with Crippen molar-refractivity contribution in [3.05, 3.63) is 0 Å². The molecule has 0 bridgehead atoms. The highest BCUT2D eigenvalue weighted by molar-refractivity contribution is 5.85. The summed E-state index contributed by atoms with van der Waals surface area (Å²) in [5.74, 6) is 0.931. The summed E-state index contributed by atoms with van der Waals surface area (Å²) in [6.45, 7) is 8.88. The van der Waals surface area contributed by atoms with Crippen LogP contribution in [0.3, 0.4) is 0 Å². The van der Waals surface area contributed by atoms with Crippen LogP contribution >= 0.6 is 24.8 Å². The summed E-state index contributed by atoms with van der Waals surface area (Å²) in [4.78, 5) is 14.6. The van der Waals surface area contributed by atoms with Gasteiger partial charge in [0.15, 0.2) is 0 Å². The Morgan fingerprint density at radius 3 is 2.74 bits per heavy atom. The molecule has 3 N–H and O–H groups in total. The van der Waals surface area contributed by atoms with Crippen molar-refractivity contribution in [2.75, 3.05) is 32.8 Å². The standard InChI is InChI=1S/C16H31N3O2.2ClH/c1-12(2)10-19-6-7-21-15(11-19)9-18-16(20)13-4-3-5-14(17)8-13;;/h12-15H,3-11,17H2,1-2H3,(H,18,20);2*1H. The van der Waals surface area contributed by atoms with Crippen LogP contribution in [0.4, 0.5) is 0 Å². The number of carbonyl (C=O) groups is 1. The fourth-order valence-corrected chi connectivity index (χ4v) is 3.41. The average molecular weight is 370 g/mol. The first kappa shape index (κ1) is 22.9. The predicted octanol–water partition coefficient (Wildman–Crippen LogP) is 1.82. The number of hydrogen-bond acceptors (Lipinski definition) is 4. The molecule has 2 fully saturated rings. The Balaban J connectivity index is 0.00000242. The number of nitrogens with one attached hydrogen (secondary N) is 1. The van der Waals surface area contributed by atoms with Gasteiger partial charge >= 0.3 is 0 Å². The molecule has 0 spiro atoms. The van der Waals surface area contributed by atoms with Crippen LogP contribution in [-0.4, -0.2) is 55.7 Å². The number of carbonyl (C=O) groups excluding carboxylic acids is 1. The highest BCUT2D eigenvalue weighted by Crippen LogP contribution is 2.23. The Morgan fingerprint density at radius 1 is 1.35 bits per heavy atom. The minimum Gasteiger partial charge on any atom is -0.374 e. The monoisotopic (exact) mass is 369 g/mol. The van der Waals surface area contributed by atoms with Gasteiger partial charge in [-0.05, 0) is 25.2 Å². The van der Waals surface area contributed by atoms with Crippen molar-refractivity contribution in [3.63, 3.8) is 0 Å². The third-order valence-corrected chi connectivity index (χ3v) is 4.44. The molecule has 1 aliphatic carbocycles. The summed E-state index contributed by atoms with van der Waals surface area (Å²) < 4.78 is 5.77. The maximum absolute atomic E-state index is 12.2. The molecule has 2 aliphatic rings. The van der Waals surface area contributed by atoms with Gasteiger partial charge in [0.1, 0.15) is 0 Å². The Hall–Kier alpha value is -0.0700. The molecule has 0 radical (unpaired) electrons. The lowest BCUT2D eigenvalue weighted by molar-refractivity contribution is -0.127. The minimum atomic E-state index is 0. The third kappa shape index (κ3) is 8.03. The number of hydrogen-bond donors (Lipinski definition) is 2. The number of amides is 1. The molecule has 0 aromatic rings. The van der Waals surface area contributed by atoms with Gasteiger partial charge in [-0.25, -0.2) is 0 Å².